The van der Waals surface area contributed by atoms with Crippen molar-refractivity contribution in [3.8, 4) is 0 Å². The molecule has 15 heavy (non-hydrogen) atoms. The van der Waals surface area contributed by atoms with Gasteiger partial charge in [0.25, 0.3) is 5.56 Å². The second-order valence-electron chi connectivity index (χ2n) is 2.27. The highest BCUT2D eigenvalue weighted by Crippen LogP contribution is 2.25. The average molecular weight is 240 g/mol. The number of aromatic amines is 2. The molecule has 0 unspecified atom stereocenters. The first-order valence-corrected chi connectivity index (χ1v) is 5.00. The van der Waals surface area contributed by atoms with Gasteiger partial charge in [0.15, 0.2) is 0 Å². The Morgan fingerprint density at radius 1 is 1.27 bits per heavy atom. The minimum atomic E-state index is -4.64. The number of phosphoric acid groups is 1. The van der Waals surface area contributed by atoms with E-state index in [0.29, 0.717) is 0 Å². The van der Waals surface area contributed by atoms with Gasteiger partial charge in [-0.05, 0) is 0 Å². The average Bonchev–Trinajstić information content (AvgIpc) is 2.01. The summed E-state index contributed by atoms with van der Waals surface area (Å²) in [6, 6.07) is 0. The molecular weight excluding hydrogens is 231 g/mol. The van der Waals surface area contributed by atoms with Crippen molar-refractivity contribution in [1.82, 2.24) is 9.97 Å². The molecule has 0 amide bonds. The summed E-state index contributed by atoms with van der Waals surface area (Å²) >= 11 is 0. The van der Waals surface area contributed by atoms with Crippen molar-refractivity contribution in [2.24, 2.45) is 0 Å². The van der Waals surface area contributed by atoms with Crippen LogP contribution in [0.5, 0.6) is 0 Å². The van der Waals surface area contributed by atoms with Crippen LogP contribution in [-0.4, -0.2) is 29.8 Å². The quantitative estimate of drug-likeness (QED) is 0.298. The second-order valence-corrected chi connectivity index (χ2v) is 3.30. The van der Waals surface area contributed by atoms with Gasteiger partial charge in [-0.2, -0.15) is 0 Å². The lowest BCUT2D eigenvalue weighted by atomic mass is 10.4. The molecule has 0 saturated heterocycles. The molecule has 0 aromatic carbocycles. The van der Waals surface area contributed by atoms with Gasteiger partial charge in [0, 0.05) is 6.20 Å². The van der Waals surface area contributed by atoms with E-state index in [0.717, 1.165) is 0 Å². The van der Waals surface area contributed by atoms with Crippen LogP contribution in [0.4, 0.5) is 0 Å². The predicted molar refractivity (Wildman–Crippen MR) is 47.9 cm³/mol. The van der Waals surface area contributed by atoms with E-state index in [1.165, 1.54) is 6.20 Å². The summed E-state index contributed by atoms with van der Waals surface area (Å²) in [6.45, 7) is -0.369. The highest BCUT2D eigenvalue weighted by Gasteiger charge is 2.00. The molecule has 0 bridgehead atoms. The number of aliphatic hydroxyl groups is 1. The van der Waals surface area contributed by atoms with Crippen LogP contribution in [0.25, 0.3) is 0 Å². The third kappa shape index (κ3) is 7.79. The molecule has 6 N–H and O–H groups in total. The van der Waals surface area contributed by atoms with Gasteiger partial charge in [-0.3, -0.25) is 9.78 Å². The zero-order chi connectivity index (χ0) is 12.1. The molecule has 0 saturated carbocycles. The Morgan fingerprint density at radius 2 is 1.73 bits per heavy atom. The first-order chi connectivity index (χ1) is 6.74. The third-order valence-corrected chi connectivity index (χ3v) is 1.07. The highest BCUT2D eigenvalue weighted by molar-refractivity contribution is 7.45. The molecule has 0 spiro atoms. The van der Waals surface area contributed by atoms with Crippen molar-refractivity contribution in [3.63, 3.8) is 0 Å². The zero-order valence-corrected chi connectivity index (χ0v) is 8.14. The van der Waals surface area contributed by atoms with Gasteiger partial charge in [0.1, 0.15) is 0 Å². The summed E-state index contributed by atoms with van der Waals surface area (Å²) < 4.78 is 8.88. The lowest BCUT2D eigenvalue weighted by Gasteiger charge is -1.89. The third-order valence-electron chi connectivity index (χ3n) is 1.07. The first kappa shape index (κ1) is 13.8. The number of rotatable bonds is 1. The Bertz CT molecular complexity index is 449. The number of H-pyrrole nitrogens is 2. The van der Waals surface area contributed by atoms with Crippen LogP contribution >= 0.6 is 7.82 Å². The predicted octanol–water partition coefficient (Wildman–Crippen LogP) is -2.37. The maximum atomic E-state index is 10.6. The Hall–Kier alpha value is -1.25. The minimum Gasteiger partial charge on any atom is -0.391 e. The fourth-order valence-corrected chi connectivity index (χ4v) is 0.555. The summed E-state index contributed by atoms with van der Waals surface area (Å²) in [5, 5.41) is 8.47. The van der Waals surface area contributed by atoms with E-state index in [9.17, 15) is 9.59 Å². The summed E-state index contributed by atoms with van der Waals surface area (Å²) in [4.78, 5) is 46.7. The van der Waals surface area contributed by atoms with Gasteiger partial charge in [0.05, 0.1) is 12.2 Å². The first-order valence-electron chi connectivity index (χ1n) is 3.44. The Labute approximate surface area is 82.3 Å². The zero-order valence-electron chi connectivity index (χ0n) is 7.25. The van der Waals surface area contributed by atoms with Crippen molar-refractivity contribution in [2.45, 2.75) is 6.61 Å². The van der Waals surface area contributed by atoms with Crippen LogP contribution in [-0.2, 0) is 11.2 Å². The summed E-state index contributed by atoms with van der Waals surface area (Å²) in [6.07, 6.45) is 1.18. The van der Waals surface area contributed by atoms with Crippen molar-refractivity contribution in [1.29, 1.82) is 0 Å². The Kier molecular flexibility index (Phi) is 5.12. The van der Waals surface area contributed by atoms with E-state index in [2.05, 4.69) is 4.98 Å². The fourth-order valence-electron chi connectivity index (χ4n) is 0.555. The topological polar surface area (TPSA) is 164 Å². The monoisotopic (exact) mass is 240 g/mol. The van der Waals surface area contributed by atoms with Crippen LogP contribution in [0, 0.1) is 0 Å². The van der Waals surface area contributed by atoms with Gasteiger partial charge in [-0.1, -0.05) is 0 Å². The van der Waals surface area contributed by atoms with E-state index in [1.54, 1.807) is 0 Å². The molecular formula is C5H9N2O7P. The summed E-state index contributed by atoms with van der Waals surface area (Å²) in [5.74, 6) is 0. The molecule has 9 nitrogen and oxygen atoms in total. The van der Waals surface area contributed by atoms with E-state index >= 15 is 0 Å². The number of hydrogen-bond acceptors (Lipinski definition) is 4. The molecule has 1 aromatic heterocycles. The van der Waals surface area contributed by atoms with Crippen molar-refractivity contribution >= 4 is 7.82 Å². The van der Waals surface area contributed by atoms with E-state index in [-0.39, 0.29) is 12.2 Å². The van der Waals surface area contributed by atoms with Gasteiger partial charge in [0.2, 0.25) is 0 Å². The van der Waals surface area contributed by atoms with Gasteiger partial charge in [-0.15, -0.1) is 0 Å². The molecule has 0 fully saturated rings. The van der Waals surface area contributed by atoms with Crippen LogP contribution in [0.3, 0.4) is 0 Å². The maximum absolute atomic E-state index is 10.6. The number of aromatic nitrogens is 2. The van der Waals surface area contributed by atoms with Crippen LogP contribution in [0.1, 0.15) is 5.56 Å². The Morgan fingerprint density at radius 3 is 2.07 bits per heavy atom. The van der Waals surface area contributed by atoms with E-state index in [4.69, 9.17) is 24.4 Å². The molecule has 0 aliphatic carbocycles. The second kappa shape index (κ2) is 5.59. The largest absolute Gasteiger partial charge is 0.466 e. The minimum absolute atomic E-state index is 0.152. The molecule has 1 heterocycles. The fraction of sp³-hybridized carbons (Fsp3) is 0.200. The molecule has 0 atom stereocenters. The number of hydrogen-bond donors (Lipinski definition) is 6. The molecule has 1 aromatic rings. The van der Waals surface area contributed by atoms with Crippen LogP contribution in [0.15, 0.2) is 15.8 Å². The van der Waals surface area contributed by atoms with Crippen LogP contribution < -0.4 is 11.2 Å². The molecule has 0 aliphatic rings. The maximum Gasteiger partial charge on any atom is 0.466 e. The standard InChI is InChI=1S/C5H6N2O3.H3O4P/c8-2-3-1-6-5(10)7-4(3)9;1-5(2,3)4/h1,8H,2H2,(H2,6,7,9,10);(H3,1,2,3,4). The van der Waals surface area contributed by atoms with Gasteiger partial charge < -0.3 is 24.8 Å². The molecule has 1 rings (SSSR count). The van der Waals surface area contributed by atoms with Crippen LogP contribution in [0.2, 0.25) is 0 Å². The smallest absolute Gasteiger partial charge is 0.391 e. The number of aliphatic hydroxyl groups excluding tert-OH is 1. The lowest BCUT2D eigenvalue weighted by molar-refractivity contribution is 0.275. The lowest BCUT2D eigenvalue weighted by Crippen LogP contribution is -2.24. The SMILES string of the molecule is O=P(O)(O)O.O=c1[nH]cc(CO)c(=O)[nH]1. The van der Waals surface area contributed by atoms with Crippen molar-refractivity contribution in [2.75, 3.05) is 0 Å². The van der Waals surface area contributed by atoms with Crippen molar-refractivity contribution < 1.29 is 24.4 Å². The normalized spacial score (nSPS) is 10.4. The van der Waals surface area contributed by atoms with Gasteiger partial charge in [-0.25, -0.2) is 9.36 Å². The molecule has 0 radical (unpaired) electrons. The summed E-state index contributed by atoms with van der Waals surface area (Å²) in [5.41, 5.74) is -0.965. The van der Waals surface area contributed by atoms with Gasteiger partial charge >= 0.3 is 13.5 Å². The molecule has 86 valence electrons. The highest BCUT2D eigenvalue weighted by atomic mass is 31.2. The summed E-state index contributed by atoms with van der Waals surface area (Å²) in [7, 11) is -4.64. The molecule has 10 heteroatoms. The van der Waals surface area contributed by atoms with E-state index in [1.807, 2.05) is 4.98 Å². The Balaban J connectivity index is 0.000000336. The van der Waals surface area contributed by atoms with Crippen molar-refractivity contribution in [3.05, 3.63) is 32.6 Å². The van der Waals surface area contributed by atoms with E-state index < -0.39 is 19.1 Å². The molecule has 0 aliphatic heterocycles. The number of nitrogens with one attached hydrogen (secondary N) is 2.